The predicted molar refractivity (Wildman–Crippen MR) is 66.9 cm³/mol. The van der Waals surface area contributed by atoms with E-state index < -0.39 is 23.3 Å². The molecule has 0 unspecified atom stereocenters. The lowest BCUT2D eigenvalue weighted by Gasteiger charge is -2.20. The van der Waals surface area contributed by atoms with Crippen LogP contribution >= 0.6 is 0 Å². The summed E-state index contributed by atoms with van der Waals surface area (Å²) in [6.45, 7) is 2.01. The number of carbonyl (C=O) groups is 2. The maximum atomic E-state index is 12.1. The van der Waals surface area contributed by atoms with Crippen molar-refractivity contribution in [3.63, 3.8) is 0 Å². The topological polar surface area (TPSA) is 99.7 Å². The van der Waals surface area contributed by atoms with Gasteiger partial charge in [0.1, 0.15) is 6.54 Å². The summed E-state index contributed by atoms with van der Waals surface area (Å²) in [6.07, 6.45) is 0.651. The quantitative estimate of drug-likeness (QED) is 0.738. The maximum absolute atomic E-state index is 12.1. The summed E-state index contributed by atoms with van der Waals surface area (Å²) in [4.78, 5) is 38.0. The molecular weight excluding hydrogens is 252 g/mol. The molecule has 1 aromatic heterocycles. The van der Waals surface area contributed by atoms with Crippen molar-refractivity contribution < 1.29 is 19.4 Å². The van der Waals surface area contributed by atoms with Crippen molar-refractivity contribution in [2.75, 3.05) is 20.2 Å². The highest BCUT2D eigenvalue weighted by Crippen LogP contribution is 2.08. The van der Waals surface area contributed by atoms with Crippen LogP contribution in [0.15, 0.2) is 16.9 Å². The second-order valence-electron chi connectivity index (χ2n) is 3.92. The van der Waals surface area contributed by atoms with Gasteiger partial charge in [-0.2, -0.15) is 0 Å². The minimum absolute atomic E-state index is 0.0265. The van der Waals surface area contributed by atoms with Gasteiger partial charge in [-0.05, 0) is 6.42 Å². The molecule has 19 heavy (non-hydrogen) atoms. The Hall–Kier alpha value is -2.31. The zero-order valence-corrected chi connectivity index (χ0v) is 10.8. The van der Waals surface area contributed by atoms with Gasteiger partial charge in [0.25, 0.3) is 11.5 Å². The Bertz CT molecular complexity index is 523. The van der Waals surface area contributed by atoms with Crippen molar-refractivity contribution in [3.05, 3.63) is 28.0 Å². The molecular formula is C12H16N2O5. The Labute approximate surface area is 109 Å². The first-order valence-electron chi connectivity index (χ1n) is 5.77. The van der Waals surface area contributed by atoms with Crippen LogP contribution in [0.3, 0.4) is 0 Å². The van der Waals surface area contributed by atoms with Crippen molar-refractivity contribution in [1.29, 1.82) is 0 Å². The van der Waals surface area contributed by atoms with Crippen LogP contribution in [0.4, 0.5) is 0 Å². The Morgan fingerprint density at radius 2 is 2.11 bits per heavy atom. The van der Waals surface area contributed by atoms with E-state index in [0.29, 0.717) is 13.0 Å². The third-order valence-electron chi connectivity index (χ3n) is 2.41. The number of ether oxygens (including phenoxy) is 1. The number of esters is 1. The van der Waals surface area contributed by atoms with Gasteiger partial charge >= 0.3 is 5.97 Å². The first-order valence-corrected chi connectivity index (χ1v) is 5.77. The standard InChI is InChI=1S/C12H16N2O5/c1-3-4-14(7-11(17)19-2)12(18)8-5-9(15)13-10(16)6-8/h5-6H,3-4,7H2,1-2H3,(H2,13,15,16). The molecule has 1 heterocycles. The summed E-state index contributed by atoms with van der Waals surface area (Å²) in [5, 5.41) is 9.26. The van der Waals surface area contributed by atoms with Crippen molar-refractivity contribution >= 4 is 11.9 Å². The van der Waals surface area contributed by atoms with E-state index in [1.54, 1.807) is 0 Å². The van der Waals surface area contributed by atoms with Gasteiger partial charge in [0, 0.05) is 18.7 Å². The Balaban J connectivity index is 2.98. The number of pyridine rings is 1. The van der Waals surface area contributed by atoms with Crippen LogP contribution in [-0.4, -0.2) is 47.1 Å². The van der Waals surface area contributed by atoms with Crippen LogP contribution < -0.4 is 5.56 Å². The molecule has 0 bridgehead atoms. The molecule has 7 heteroatoms. The van der Waals surface area contributed by atoms with Gasteiger partial charge in [-0.1, -0.05) is 6.92 Å². The van der Waals surface area contributed by atoms with Crippen molar-refractivity contribution in [1.82, 2.24) is 9.88 Å². The number of aromatic hydroxyl groups is 1. The van der Waals surface area contributed by atoms with Gasteiger partial charge in [0.2, 0.25) is 0 Å². The van der Waals surface area contributed by atoms with Gasteiger partial charge < -0.3 is 14.7 Å². The fourth-order valence-corrected chi connectivity index (χ4v) is 1.58. The second-order valence-corrected chi connectivity index (χ2v) is 3.92. The number of H-pyrrole nitrogens is 1. The molecule has 0 saturated carbocycles. The Morgan fingerprint density at radius 3 is 2.63 bits per heavy atom. The van der Waals surface area contributed by atoms with Crippen LogP contribution in [0, 0.1) is 0 Å². The molecule has 0 aliphatic carbocycles. The number of amides is 1. The fourth-order valence-electron chi connectivity index (χ4n) is 1.58. The number of methoxy groups -OCH3 is 1. The molecule has 1 amide bonds. The molecule has 0 radical (unpaired) electrons. The maximum Gasteiger partial charge on any atom is 0.325 e. The summed E-state index contributed by atoms with van der Waals surface area (Å²) in [5.74, 6) is -1.45. The number of nitrogens with zero attached hydrogens (tertiary/aromatic N) is 1. The van der Waals surface area contributed by atoms with Gasteiger partial charge in [-0.3, -0.25) is 19.4 Å². The molecule has 1 rings (SSSR count). The molecule has 0 aromatic carbocycles. The number of hydrogen-bond donors (Lipinski definition) is 2. The van der Waals surface area contributed by atoms with Crippen molar-refractivity contribution in [3.8, 4) is 5.88 Å². The lowest BCUT2D eigenvalue weighted by Crippen LogP contribution is -2.37. The first-order chi connectivity index (χ1) is 8.97. The fraction of sp³-hybridized carbons (Fsp3) is 0.417. The Morgan fingerprint density at radius 1 is 1.42 bits per heavy atom. The van der Waals surface area contributed by atoms with Gasteiger partial charge in [0.15, 0.2) is 5.88 Å². The van der Waals surface area contributed by atoms with E-state index in [0.717, 1.165) is 12.1 Å². The van der Waals surface area contributed by atoms with E-state index in [9.17, 15) is 19.5 Å². The van der Waals surface area contributed by atoms with Gasteiger partial charge in [-0.25, -0.2) is 0 Å². The van der Waals surface area contributed by atoms with Crippen molar-refractivity contribution in [2.24, 2.45) is 0 Å². The highest BCUT2D eigenvalue weighted by atomic mass is 16.5. The smallest absolute Gasteiger partial charge is 0.325 e. The highest BCUT2D eigenvalue weighted by molar-refractivity contribution is 5.96. The van der Waals surface area contributed by atoms with Crippen LogP contribution in [0.5, 0.6) is 5.88 Å². The first kappa shape index (κ1) is 14.7. The average Bonchev–Trinajstić information content (AvgIpc) is 2.36. The van der Waals surface area contributed by atoms with Crippen LogP contribution in [0.2, 0.25) is 0 Å². The molecule has 7 nitrogen and oxygen atoms in total. The van der Waals surface area contributed by atoms with E-state index >= 15 is 0 Å². The number of aromatic amines is 1. The van der Waals surface area contributed by atoms with Crippen LogP contribution in [0.1, 0.15) is 23.7 Å². The number of carbonyl (C=O) groups excluding carboxylic acids is 2. The molecule has 104 valence electrons. The molecule has 0 spiro atoms. The van der Waals surface area contributed by atoms with Crippen LogP contribution in [0.25, 0.3) is 0 Å². The normalized spacial score (nSPS) is 10.0. The van der Waals surface area contributed by atoms with E-state index in [1.807, 2.05) is 6.92 Å². The molecule has 2 N–H and O–H groups in total. The van der Waals surface area contributed by atoms with E-state index in [-0.39, 0.29) is 12.1 Å². The zero-order chi connectivity index (χ0) is 14.4. The number of hydrogen-bond acceptors (Lipinski definition) is 5. The minimum Gasteiger partial charge on any atom is -0.494 e. The third kappa shape index (κ3) is 4.13. The Kier molecular flexibility index (Phi) is 5.11. The molecule has 0 fully saturated rings. The zero-order valence-electron chi connectivity index (χ0n) is 10.8. The molecule has 1 aromatic rings. The van der Waals surface area contributed by atoms with Crippen molar-refractivity contribution in [2.45, 2.75) is 13.3 Å². The number of aromatic nitrogens is 1. The van der Waals surface area contributed by atoms with E-state index in [1.165, 1.54) is 12.0 Å². The predicted octanol–water partition coefficient (Wildman–Crippen LogP) is 0.106. The van der Waals surface area contributed by atoms with E-state index in [4.69, 9.17) is 0 Å². The highest BCUT2D eigenvalue weighted by Gasteiger charge is 2.19. The summed E-state index contributed by atoms with van der Waals surface area (Å²) in [5.41, 5.74) is -0.559. The minimum atomic E-state index is -0.585. The average molecular weight is 268 g/mol. The lowest BCUT2D eigenvalue weighted by molar-refractivity contribution is -0.141. The van der Waals surface area contributed by atoms with Crippen LogP contribution in [-0.2, 0) is 9.53 Å². The lowest BCUT2D eigenvalue weighted by atomic mass is 10.2. The number of nitrogens with one attached hydrogen (secondary N) is 1. The number of rotatable bonds is 5. The van der Waals surface area contributed by atoms with E-state index in [2.05, 4.69) is 9.72 Å². The van der Waals surface area contributed by atoms with Gasteiger partial charge in [-0.15, -0.1) is 0 Å². The SMILES string of the molecule is CCCN(CC(=O)OC)C(=O)c1cc(O)[nH]c(=O)c1. The summed E-state index contributed by atoms with van der Waals surface area (Å²) >= 11 is 0. The monoisotopic (exact) mass is 268 g/mol. The summed E-state index contributed by atoms with van der Waals surface area (Å²) in [7, 11) is 1.23. The summed E-state index contributed by atoms with van der Waals surface area (Å²) < 4.78 is 4.51. The second kappa shape index (κ2) is 6.58. The van der Waals surface area contributed by atoms with Gasteiger partial charge in [0.05, 0.1) is 12.7 Å². The molecule has 0 atom stereocenters. The summed E-state index contributed by atoms with van der Waals surface area (Å²) in [6, 6.07) is 2.21. The third-order valence-corrected chi connectivity index (χ3v) is 2.41. The molecule has 0 saturated heterocycles. The molecule has 0 aliphatic heterocycles. The largest absolute Gasteiger partial charge is 0.494 e. The molecule has 0 aliphatic rings.